The summed E-state index contributed by atoms with van der Waals surface area (Å²) in [5, 5.41) is 4.45. The molecule has 1 aliphatic rings. The highest BCUT2D eigenvalue weighted by atomic mass is 19.1. The lowest BCUT2D eigenvalue weighted by Gasteiger charge is -2.10. The first-order valence-corrected chi connectivity index (χ1v) is 9.30. The third kappa shape index (κ3) is 3.14. The van der Waals surface area contributed by atoms with Crippen LogP contribution in [0.4, 0.5) is 8.78 Å². The molecule has 0 radical (unpaired) electrons. The van der Waals surface area contributed by atoms with Gasteiger partial charge in [-0.05, 0) is 42.8 Å². The summed E-state index contributed by atoms with van der Waals surface area (Å²) < 4.78 is 35.2. The van der Waals surface area contributed by atoms with Crippen molar-refractivity contribution in [2.45, 2.75) is 18.9 Å². The summed E-state index contributed by atoms with van der Waals surface area (Å²) in [6.07, 6.45) is 6.25. The quantitative estimate of drug-likeness (QED) is 0.518. The second-order valence-electron chi connectivity index (χ2n) is 6.84. The van der Waals surface area contributed by atoms with Gasteiger partial charge in [-0.3, -0.25) is 14.5 Å². The summed E-state index contributed by atoms with van der Waals surface area (Å²) in [4.78, 5) is 21.4. The maximum Gasteiger partial charge on any atom is 0.351 e. The summed E-state index contributed by atoms with van der Waals surface area (Å²) in [6.45, 7) is 0. The Balaban J connectivity index is 1.43. The maximum absolute atomic E-state index is 13.8. The SMILES string of the molecule is O=c1n(-c2ccc(Oc3ccc(F)cc3F)cc2)nc2n1[C@H](c1cnccn1)CC2. The molecule has 0 fully saturated rings. The third-order valence-electron chi connectivity index (χ3n) is 4.96. The van der Waals surface area contributed by atoms with Crippen molar-refractivity contribution >= 4 is 0 Å². The number of fused-ring (bicyclic) bond motifs is 1. The lowest BCUT2D eigenvalue weighted by molar-refractivity contribution is 0.437. The minimum atomic E-state index is -0.795. The summed E-state index contributed by atoms with van der Waals surface area (Å²) in [5.74, 6) is -0.530. The van der Waals surface area contributed by atoms with Crippen molar-refractivity contribution < 1.29 is 13.5 Å². The highest BCUT2D eigenvalue weighted by molar-refractivity contribution is 5.39. The van der Waals surface area contributed by atoms with Gasteiger partial charge in [0.2, 0.25) is 0 Å². The van der Waals surface area contributed by atoms with Gasteiger partial charge >= 0.3 is 5.69 Å². The van der Waals surface area contributed by atoms with Gasteiger partial charge < -0.3 is 4.74 Å². The number of rotatable bonds is 4. The molecular formula is C21H15F2N5O2. The largest absolute Gasteiger partial charge is 0.454 e. The molecule has 4 aromatic rings. The normalized spacial score (nSPS) is 15.2. The zero-order valence-corrected chi connectivity index (χ0v) is 15.6. The first-order valence-electron chi connectivity index (χ1n) is 9.30. The van der Waals surface area contributed by atoms with E-state index < -0.39 is 11.6 Å². The molecule has 0 spiro atoms. The summed E-state index contributed by atoms with van der Waals surface area (Å²) >= 11 is 0. The number of aromatic nitrogens is 5. The number of halogens is 2. The highest BCUT2D eigenvalue weighted by Crippen LogP contribution is 2.29. The van der Waals surface area contributed by atoms with Gasteiger partial charge in [-0.2, -0.15) is 4.68 Å². The molecule has 0 saturated heterocycles. The van der Waals surface area contributed by atoms with E-state index in [0.717, 1.165) is 24.2 Å². The molecule has 2 aromatic carbocycles. The van der Waals surface area contributed by atoms with Crippen molar-refractivity contribution in [1.82, 2.24) is 24.3 Å². The topological polar surface area (TPSA) is 74.8 Å². The van der Waals surface area contributed by atoms with Crippen LogP contribution in [0.3, 0.4) is 0 Å². The van der Waals surface area contributed by atoms with Crippen molar-refractivity contribution in [2.75, 3.05) is 0 Å². The van der Waals surface area contributed by atoms with Gasteiger partial charge in [-0.25, -0.2) is 13.6 Å². The molecular weight excluding hydrogens is 392 g/mol. The van der Waals surface area contributed by atoms with Crippen LogP contribution in [0.1, 0.15) is 24.0 Å². The van der Waals surface area contributed by atoms with Crippen molar-refractivity contribution in [3.8, 4) is 17.2 Å². The number of nitrogens with zero attached hydrogens (tertiary/aromatic N) is 5. The van der Waals surface area contributed by atoms with E-state index in [4.69, 9.17) is 4.74 Å². The summed E-state index contributed by atoms with van der Waals surface area (Å²) in [7, 11) is 0. The monoisotopic (exact) mass is 407 g/mol. The van der Waals surface area contributed by atoms with Crippen LogP contribution in [-0.2, 0) is 6.42 Å². The molecule has 0 bridgehead atoms. The van der Waals surface area contributed by atoms with Crippen LogP contribution in [0.2, 0.25) is 0 Å². The van der Waals surface area contributed by atoms with E-state index in [0.29, 0.717) is 23.7 Å². The fraction of sp³-hybridized carbons (Fsp3) is 0.143. The molecule has 150 valence electrons. The van der Waals surface area contributed by atoms with Crippen molar-refractivity contribution in [3.05, 3.63) is 94.7 Å². The van der Waals surface area contributed by atoms with Crippen LogP contribution >= 0.6 is 0 Å². The molecule has 0 aliphatic carbocycles. The van der Waals surface area contributed by atoms with E-state index in [9.17, 15) is 13.6 Å². The van der Waals surface area contributed by atoms with E-state index in [-0.39, 0.29) is 17.5 Å². The Morgan fingerprint density at radius 1 is 1.07 bits per heavy atom. The van der Waals surface area contributed by atoms with Crippen LogP contribution < -0.4 is 10.4 Å². The predicted molar refractivity (Wildman–Crippen MR) is 103 cm³/mol. The van der Waals surface area contributed by atoms with E-state index in [1.54, 1.807) is 47.4 Å². The van der Waals surface area contributed by atoms with Crippen LogP contribution in [0.5, 0.6) is 11.5 Å². The number of hydrogen-bond acceptors (Lipinski definition) is 5. The minimum absolute atomic E-state index is 0.0888. The van der Waals surface area contributed by atoms with Gasteiger partial charge in [0.25, 0.3) is 0 Å². The van der Waals surface area contributed by atoms with E-state index >= 15 is 0 Å². The van der Waals surface area contributed by atoms with Gasteiger partial charge in [0, 0.05) is 24.9 Å². The fourth-order valence-corrected chi connectivity index (χ4v) is 3.57. The number of hydrogen-bond donors (Lipinski definition) is 0. The first kappa shape index (κ1) is 18.2. The van der Waals surface area contributed by atoms with Crippen molar-refractivity contribution in [1.29, 1.82) is 0 Å². The highest BCUT2D eigenvalue weighted by Gasteiger charge is 2.30. The average Bonchev–Trinajstić information content (AvgIpc) is 3.32. The molecule has 1 atom stereocenters. The molecule has 5 rings (SSSR count). The molecule has 0 N–H and O–H groups in total. The Labute approximate surface area is 169 Å². The summed E-state index contributed by atoms with van der Waals surface area (Å²) in [5.41, 5.74) is 1.01. The molecule has 1 aliphatic heterocycles. The maximum atomic E-state index is 13.8. The molecule has 7 nitrogen and oxygen atoms in total. The first-order chi connectivity index (χ1) is 14.6. The Kier molecular flexibility index (Phi) is 4.35. The second kappa shape index (κ2) is 7.18. The zero-order valence-electron chi connectivity index (χ0n) is 15.6. The third-order valence-corrected chi connectivity index (χ3v) is 4.96. The standard InChI is InChI=1S/C21H15F2N5O2/c22-13-1-7-19(16(23)11-13)30-15-4-2-14(3-5-15)28-21(29)27-18(6-8-20(27)26-28)17-12-24-9-10-25-17/h1-5,7,9-12,18H,6,8H2/t18-/m0/s1. The van der Waals surface area contributed by atoms with Crippen LogP contribution in [0.15, 0.2) is 65.8 Å². The Morgan fingerprint density at radius 3 is 2.63 bits per heavy atom. The molecule has 2 aromatic heterocycles. The molecule has 0 amide bonds. The molecule has 3 heterocycles. The minimum Gasteiger partial charge on any atom is -0.454 e. The van der Waals surface area contributed by atoms with Crippen LogP contribution in [-0.4, -0.2) is 24.3 Å². The number of aryl methyl sites for hydroxylation is 1. The molecule has 30 heavy (non-hydrogen) atoms. The van der Waals surface area contributed by atoms with Crippen LogP contribution in [0.25, 0.3) is 5.69 Å². The van der Waals surface area contributed by atoms with Crippen molar-refractivity contribution in [2.24, 2.45) is 0 Å². The van der Waals surface area contributed by atoms with Gasteiger partial charge in [-0.15, -0.1) is 5.10 Å². The second-order valence-corrected chi connectivity index (χ2v) is 6.84. The van der Waals surface area contributed by atoms with Gasteiger partial charge in [-0.1, -0.05) is 0 Å². The van der Waals surface area contributed by atoms with Gasteiger partial charge in [0.1, 0.15) is 17.4 Å². The molecule has 9 heteroatoms. The van der Waals surface area contributed by atoms with Gasteiger partial charge in [0.15, 0.2) is 11.6 Å². The zero-order chi connectivity index (χ0) is 20.7. The van der Waals surface area contributed by atoms with Gasteiger partial charge in [0.05, 0.1) is 23.6 Å². The fourth-order valence-electron chi connectivity index (χ4n) is 3.57. The van der Waals surface area contributed by atoms with E-state index in [1.165, 1.54) is 10.7 Å². The average molecular weight is 407 g/mol. The Morgan fingerprint density at radius 2 is 1.90 bits per heavy atom. The lowest BCUT2D eigenvalue weighted by atomic mass is 10.1. The number of ether oxygens (including phenoxy) is 1. The molecule has 0 saturated carbocycles. The number of benzene rings is 2. The molecule has 0 unspecified atom stereocenters. The van der Waals surface area contributed by atoms with Crippen LogP contribution in [0, 0.1) is 11.6 Å². The summed E-state index contributed by atoms with van der Waals surface area (Å²) in [6, 6.07) is 9.38. The smallest absolute Gasteiger partial charge is 0.351 e. The lowest BCUT2D eigenvalue weighted by Crippen LogP contribution is -2.26. The van der Waals surface area contributed by atoms with E-state index in [1.807, 2.05) is 0 Å². The Hall–Kier alpha value is -3.88. The van der Waals surface area contributed by atoms with E-state index in [2.05, 4.69) is 15.1 Å². The predicted octanol–water partition coefficient (Wildman–Crippen LogP) is 3.43. The Bertz CT molecular complexity index is 1270. The van der Waals surface area contributed by atoms with Crippen molar-refractivity contribution in [3.63, 3.8) is 0 Å².